The first-order valence-electron chi connectivity index (χ1n) is 2.46. The minimum Gasteiger partial charge on any atom is -0.139 e. The summed E-state index contributed by atoms with van der Waals surface area (Å²) < 4.78 is 0. The fourth-order valence-electron chi connectivity index (χ4n) is 0.492. The molecule has 44 valence electrons. The molecule has 0 N–H and O–H groups in total. The van der Waals surface area contributed by atoms with Crippen LogP contribution in [0.2, 0.25) is 0 Å². The van der Waals surface area contributed by atoms with Gasteiger partial charge in [-0.15, -0.1) is 30.1 Å². The molecule has 0 radical (unpaired) electrons. The van der Waals surface area contributed by atoms with Gasteiger partial charge in [0.1, 0.15) is 0 Å². The standard InChI is InChI=1S/C6H8S2/c1-2-6-3-4-7-5-8-6/h2-4,6H,1,5H2. The van der Waals surface area contributed by atoms with Gasteiger partial charge in [-0.1, -0.05) is 12.2 Å². The van der Waals surface area contributed by atoms with Crippen LogP contribution >= 0.6 is 23.5 Å². The predicted octanol–water partition coefficient (Wildman–Crippen LogP) is 2.49. The fourth-order valence-corrected chi connectivity index (χ4v) is 2.45. The van der Waals surface area contributed by atoms with Crippen molar-refractivity contribution >= 4 is 23.5 Å². The average Bonchev–Trinajstić information content (AvgIpc) is 1.90. The van der Waals surface area contributed by atoms with Crippen LogP contribution in [0.25, 0.3) is 0 Å². The van der Waals surface area contributed by atoms with E-state index in [2.05, 4.69) is 18.1 Å². The lowest BCUT2D eigenvalue weighted by molar-refractivity contribution is 1.44. The second-order valence-corrected chi connectivity index (χ2v) is 3.91. The molecular formula is C6H8S2. The summed E-state index contributed by atoms with van der Waals surface area (Å²) in [7, 11) is 0. The topological polar surface area (TPSA) is 0 Å². The third kappa shape index (κ3) is 1.60. The van der Waals surface area contributed by atoms with Gasteiger partial charge in [-0.3, -0.25) is 0 Å². The highest BCUT2D eigenvalue weighted by Crippen LogP contribution is 2.25. The van der Waals surface area contributed by atoms with Gasteiger partial charge in [0.2, 0.25) is 0 Å². The molecule has 0 aliphatic carbocycles. The lowest BCUT2D eigenvalue weighted by Crippen LogP contribution is -1.94. The number of hydrogen-bond acceptors (Lipinski definition) is 2. The van der Waals surface area contributed by atoms with Crippen molar-refractivity contribution in [3.05, 3.63) is 24.1 Å². The van der Waals surface area contributed by atoms with Gasteiger partial charge in [0.15, 0.2) is 0 Å². The van der Waals surface area contributed by atoms with Crippen LogP contribution in [0.3, 0.4) is 0 Å². The highest BCUT2D eigenvalue weighted by molar-refractivity contribution is 8.18. The molecule has 1 unspecified atom stereocenters. The Morgan fingerprint density at radius 3 is 3.00 bits per heavy atom. The molecule has 1 aliphatic heterocycles. The van der Waals surface area contributed by atoms with E-state index in [1.165, 1.54) is 5.08 Å². The largest absolute Gasteiger partial charge is 0.139 e. The Balaban J connectivity index is 2.42. The lowest BCUT2D eigenvalue weighted by atomic mass is 10.4. The van der Waals surface area contributed by atoms with Crippen molar-refractivity contribution < 1.29 is 0 Å². The van der Waals surface area contributed by atoms with Crippen LogP contribution in [0.5, 0.6) is 0 Å². The van der Waals surface area contributed by atoms with Crippen LogP contribution in [0.15, 0.2) is 24.1 Å². The second kappa shape index (κ2) is 3.25. The summed E-state index contributed by atoms with van der Waals surface area (Å²) in [6.07, 6.45) is 4.15. The minimum atomic E-state index is 0.566. The highest BCUT2D eigenvalue weighted by Gasteiger charge is 2.02. The first-order chi connectivity index (χ1) is 3.93. The number of rotatable bonds is 1. The molecule has 2 heteroatoms. The molecule has 8 heavy (non-hydrogen) atoms. The van der Waals surface area contributed by atoms with E-state index in [9.17, 15) is 0 Å². The van der Waals surface area contributed by atoms with E-state index in [-0.39, 0.29) is 0 Å². The zero-order valence-electron chi connectivity index (χ0n) is 4.54. The molecule has 0 spiro atoms. The fraction of sp³-hybridized carbons (Fsp3) is 0.333. The molecule has 0 saturated heterocycles. The van der Waals surface area contributed by atoms with Gasteiger partial charge in [-0.2, -0.15) is 0 Å². The number of hydrogen-bond donors (Lipinski definition) is 0. The SMILES string of the molecule is C=CC1C=CSCS1. The quantitative estimate of drug-likeness (QED) is 0.519. The average molecular weight is 144 g/mol. The van der Waals surface area contributed by atoms with Gasteiger partial charge in [0.05, 0.1) is 0 Å². The maximum atomic E-state index is 3.70. The Kier molecular flexibility index (Phi) is 2.56. The Morgan fingerprint density at radius 2 is 2.62 bits per heavy atom. The summed E-state index contributed by atoms with van der Waals surface area (Å²) in [5.74, 6) is 0. The molecule has 0 bridgehead atoms. The summed E-state index contributed by atoms with van der Waals surface area (Å²) in [6.45, 7) is 3.70. The van der Waals surface area contributed by atoms with Gasteiger partial charge in [0, 0.05) is 10.3 Å². The summed E-state index contributed by atoms with van der Waals surface area (Å²) in [5.41, 5.74) is 0. The summed E-state index contributed by atoms with van der Waals surface area (Å²) >= 11 is 3.77. The molecule has 1 aliphatic rings. The van der Waals surface area contributed by atoms with E-state index in [1.54, 1.807) is 0 Å². The van der Waals surface area contributed by atoms with Gasteiger partial charge in [-0.05, 0) is 5.41 Å². The molecule has 1 heterocycles. The van der Waals surface area contributed by atoms with Crippen molar-refractivity contribution in [3.8, 4) is 0 Å². The van der Waals surface area contributed by atoms with Crippen molar-refractivity contribution in [2.75, 3.05) is 5.08 Å². The van der Waals surface area contributed by atoms with Crippen LogP contribution in [0.4, 0.5) is 0 Å². The molecule has 0 amide bonds. The van der Waals surface area contributed by atoms with Crippen LogP contribution in [-0.2, 0) is 0 Å². The molecular weight excluding hydrogens is 136 g/mol. The zero-order chi connectivity index (χ0) is 5.82. The second-order valence-electron chi connectivity index (χ2n) is 1.48. The van der Waals surface area contributed by atoms with Crippen molar-refractivity contribution in [2.45, 2.75) is 5.25 Å². The Labute approximate surface area is 58.4 Å². The zero-order valence-corrected chi connectivity index (χ0v) is 6.17. The Bertz CT molecular complexity index is 107. The molecule has 0 aromatic rings. The minimum absolute atomic E-state index is 0.566. The van der Waals surface area contributed by atoms with Crippen molar-refractivity contribution in [1.29, 1.82) is 0 Å². The van der Waals surface area contributed by atoms with Gasteiger partial charge in [-0.25, -0.2) is 0 Å². The van der Waals surface area contributed by atoms with E-state index in [1.807, 2.05) is 29.6 Å². The maximum Gasteiger partial charge on any atom is 0.0442 e. The first-order valence-corrected chi connectivity index (χ1v) is 4.55. The normalized spacial score (nSPS) is 27.8. The van der Waals surface area contributed by atoms with Crippen molar-refractivity contribution in [3.63, 3.8) is 0 Å². The first kappa shape index (κ1) is 6.30. The summed E-state index contributed by atoms with van der Waals surface area (Å²) in [6, 6.07) is 0. The van der Waals surface area contributed by atoms with Crippen LogP contribution < -0.4 is 0 Å². The monoisotopic (exact) mass is 144 g/mol. The van der Waals surface area contributed by atoms with Crippen LogP contribution in [0, 0.1) is 0 Å². The molecule has 0 fully saturated rings. The smallest absolute Gasteiger partial charge is 0.0442 e. The Hall–Kier alpha value is 0.180. The van der Waals surface area contributed by atoms with E-state index in [4.69, 9.17) is 0 Å². The molecule has 1 rings (SSSR count). The van der Waals surface area contributed by atoms with Gasteiger partial charge in [0.25, 0.3) is 0 Å². The molecule has 0 aromatic heterocycles. The predicted molar refractivity (Wildman–Crippen MR) is 43.2 cm³/mol. The molecule has 1 atom stereocenters. The van der Waals surface area contributed by atoms with Gasteiger partial charge >= 0.3 is 0 Å². The summed E-state index contributed by atoms with van der Waals surface area (Å²) in [5, 5.41) is 3.88. The highest BCUT2D eigenvalue weighted by atomic mass is 32.2. The van der Waals surface area contributed by atoms with Crippen molar-refractivity contribution in [1.82, 2.24) is 0 Å². The van der Waals surface area contributed by atoms with Gasteiger partial charge < -0.3 is 0 Å². The molecule has 0 aromatic carbocycles. The maximum absolute atomic E-state index is 3.70. The van der Waals surface area contributed by atoms with Crippen LogP contribution in [0.1, 0.15) is 0 Å². The van der Waals surface area contributed by atoms with Crippen LogP contribution in [-0.4, -0.2) is 10.3 Å². The van der Waals surface area contributed by atoms with Crippen molar-refractivity contribution in [2.24, 2.45) is 0 Å². The van der Waals surface area contributed by atoms with E-state index >= 15 is 0 Å². The molecule has 0 nitrogen and oxygen atoms in total. The lowest BCUT2D eigenvalue weighted by Gasteiger charge is -2.09. The van der Waals surface area contributed by atoms with E-state index in [0.717, 1.165) is 0 Å². The third-order valence-corrected chi connectivity index (χ3v) is 3.10. The van der Waals surface area contributed by atoms with E-state index in [0.29, 0.717) is 5.25 Å². The Morgan fingerprint density at radius 1 is 1.75 bits per heavy atom. The third-order valence-electron chi connectivity index (χ3n) is 0.925. The van der Waals surface area contributed by atoms with E-state index < -0.39 is 0 Å². The summed E-state index contributed by atoms with van der Waals surface area (Å²) in [4.78, 5) is 0. The molecule has 0 saturated carbocycles. The number of thioether (sulfide) groups is 2.